The Labute approximate surface area is 143 Å². The Balaban J connectivity index is 1.83. The highest BCUT2D eigenvalue weighted by Gasteiger charge is 2.33. The molecule has 1 amide bonds. The summed E-state index contributed by atoms with van der Waals surface area (Å²) in [5.74, 6) is -0.684. The smallest absolute Gasteiger partial charge is 0.263 e. The molecule has 0 aliphatic carbocycles. The van der Waals surface area contributed by atoms with Gasteiger partial charge in [0.1, 0.15) is 10.7 Å². The predicted octanol–water partition coefficient (Wildman–Crippen LogP) is 3.14. The molecular weight excluding hydrogens is 339 g/mol. The maximum Gasteiger partial charge on any atom is 0.263 e. The number of likely N-dealkylation sites (N-methyl/N-ethyl adjacent to an activating group) is 1. The Bertz CT molecular complexity index is 736. The number of fused-ring (bicyclic) bond motifs is 1. The first-order chi connectivity index (χ1) is 11.0. The zero-order chi connectivity index (χ0) is 16.6. The Morgan fingerprint density at radius 1 is 1.52 bits per heavy atom. The van der Waals surface area contributed by atoms with Gasteiger partial charge in [-0.05, 0) is 26.1 Å². The van der Waals surface area contributed by atoms with Gasteiger partial charge in [0.15, 0.2) is 0 Å². The van der Waals surface area contributed by atoms with Gasteiger partial charge in [-0.3, -0.25) is 4.79 Å². The molecule has 1 aromatic heterocycles. The highest BCUT2D eigenvalue weighted by atomic mass is 35.5. The average molecular weight is 357 g/mol. The minimum atomic E-state index is -0.407. The third-order valence-corrected chi connectivity index (χ3v) is 5.60. The van der Waals surface area contributed by atoms with Gasteiger partial charge in [-0.1, -0.05) is 17.7 Å². The zero-order valence-electron chi connectivity index (χ0n) is 12.9. The van der Waals surface area contributed by atoms with Crippen molar-refractivity contribution in [3.63, 3.8) is 0 Å². The minimum Gasteiger partial charge on any atom is -0.375 e. The number of thiophene rings is 1. The molecule has 3 rings (SSSR count). The Kier molecular flexibility index (Phi) is 4.87. The van der Waals surface area contributed by atoms with Crippen molar-refractivity contribution in [3.8, 4) is 0 Å². The monoisotopic (exact) mass is 356 g/mol. The van der Waals surface area contributed by atoms with E-state index >= 15 is 0 Å². The molecule has 7 heteroatoms. The molecule has 4 nitrogen and oxygen atoms in total. The molecule has 0 radical (unpaired) electrons. The van der Waals surface area contributed by atoms with Gasteiger partial charge in [0.25, 0.3) is 5.91 Å². The molecule has 124 valence electrons. The standard InChI is InChI=1S/C16H18ClFN2O2S/c1-3-22-11-8-20(2)7-10(11)19-16(21)15-14(17)13-9(18)5-4-6-12(13)23-15/h4-6,10-11H,3,7-8H2,1-2H3,(H,19,21)/t10-,11-/m1/s1. The van der Waals surface area contributed by atoms with Crippen LogP contribution in [0.15, 0.2) is 18.2 Å². The summed E-state index contributed by atoms with van der Waals surface area (Å²) < 4.78 is 20.3. The molecular formula is C16H18ClFN2O2S. The van der Waals surface area contributed by atoms with E-state index in [0.717, 1.165) is 6.54 Å². The van der Waals surface area contributed by atoms with Gasteiger partial charge in [-0.15, -0.1) is 11.3 Å². The lowest BCUT2D eigenvalue weighted by Gasteiger charge is -2.19. The topological polar surface area (TPSA) is 41.6 Å². The number of rotatable bonds is 4. The van der Waals surface area contributed by atoms with Gasteiger partial charge < -0.3 is 15.0 Å². The van der Waals surface area contributed by atoms with Crippen LogP contribution < -0.4 is 5.32 Å². The average Bonchev–Trinajstić information content (AvgIpc) is 3.01. The summed E-state index contributed by atoms with van der Waals surface area (Å²) in [7, 11) is 1.99. The molecule has 1 aliphatic rings. The van der Waals surface area contributed by atoms with Gasteiger partial charge in [0, 0.05) is 29.8 Å². The van der Waals surface area contributed by atoms with Crippen molar-refractivity contribution >= 4 is 38.9 Å². The minimum absolute atomic E-state index is 0.0427. The fourth-order valence-electron chi connectivity index (χ4n) is 2.93. The van der Waals surface area contributed by atoms with E-state index in [1.165, 1.54) is 17.4 Å². The van der Waals surface area contributed by atoms with Gasteiger partial charge >= 0.3 is 0 Å². The van der Waals surface area contributed by atoms with Gasteiger partial charge in [0.2, 0.25) is 0 Å². The number of carbonyl (C=O) groups is 1. The first-order valence-corrected chi connectivity index (χ1v) is 8.68. The van der Waals surface area contributed by atoms with Crippen LogP contribution in [0.3, 0.4) is 0 Å². The van der Waals surface area contributed by atoms with Gasteiger partial charge in [0.05, 0.1) is 17.2 Å². The van der Waals surface area contributed by atoms with E-state index < -0.39 is 5.82 Å². The van der Waals surface area contributed by atoms with Crippen LogP contribution in [0.4, 0.5) is 4.39 Å². The molecule has 0 unspecified atom stereocenters. The summed E-state index contributed by atoms with van der Waals surface area (Å²) >= 11 is 7.44. The third-order valence-electron chi connectivity index (χ3n) is 3.96. The van der Waals surface area contributed by atoms with Crippen molar-refractivity contribution in [2.75, 3.05) is 26.7 Å². The fraction of sp³-hybridized carbons (Fsp3) is 0.438. The number of carbonyl (C=O) groups excluding carboxylic acids is 1. The van der Waals surface area contributed by atoms with Crippen molar-refractivity contribution in [3.05, 3.63) is 33.9 Å². The zero-order valence-corrected chi connectivity index (χ0v) is 14.5. The summed E-state index contributed by atoms with van der Waals surface area (Å²) in [6.07, 6.45) is -0.0427. The second-order valence-corrected chi connectivity index (χ2v) is 7.08. The molecule has 1 fully saturated rings. The second kappa shape index (κ2) is 6.73. The molecule has 0 spiro atoms. The van der Waals surface area contributed by atoms with E-state index in [0.29, 0.717) is 28.1 Å². The highest BCUT2D eigenvalue weighted by molar-refractivity contribution is 7.21. The summed E-state index contributed by atoms with van der Waals surface area (Å²) in [6.45, 7) is 4.02. The Hall–Kier alpha value is -1.21. The molecule has 1 aliphatic heterocycles. The number of halogens is 2. The number of hydrogen-bond donors (Lipinski definition) is 1. The first kappa shape index (κ1) is 16.6. The first-order valence-electron chi connectivity index (χ1n) is 7.48. The molecule has 1 N–H and O–H groups in total. The number of benzene rings is 1. The van der Waals surface area contributed by atoms with Crippen LogP contribution >= 0.6 is 22.9 Å². The molecule has 2 atom stereocenters. The Morgan fingerprint density at radius 2 is 2.30 bits per heavy atom. The molecule has 23 heavy (non-hydrogen) atoms. The highest BCUT2D eigenvalue weighted by Crippen LogP contribution is 2.36. The second-order valence-electron chi connectivity index (χ2n) is 5.65. The van der Waals surface area contributed by atoms with Crippen molar-refractivity contribution in [1.82, 2.24) is 10.2 Å². The van der Waals surface area contributed by atoms with Crippen LogP contribution in [0.1, 0.15) is 16.6 Å². The third kappa shape index (κ3) is 3.21. The SMILES string of the molecule is CCO[C@@H]1CN(C)C[C@H]1NC(=O)c1sc2cccc(F)c2c1Cl. The van der Waals surface area contributed by atoms with E-state index in [-0.39, 0.29) is 23.1 Å². The lowest BCUT2D eigenvalue weighted by atomic mass is 10.2. The van der Waals surface area contributed by atoms with E-state index in [1.54, 1.807) is 12.1 Å². The fourth-order valence-corrected chi connectivity index (χ4v) is 4.40. The Morgan fingerprint density at radius 3 is 3.00 bits per heavy atom. The molecule has 2 heterocycles. The molecule has 0 saturated carbocycles. The van der Waals surface area contributed by atoms with Crippen molar-refractivity contribution in [1.29, 1.82) is 0 Å². The number of nitrogens with zero attached hydrogens (tertiary/aromatic N) is 1. The normalized spacial score (nSPS) is 21.9. The predicted molar refractivity (Wildman–Crippen MR) is 91.0 cm³/mol. The van der Waals surface area contributed by atoms with Gasteiger partial charge in [-0.25, -0.2) is 4.39 Å². The summed E-state index contributed by atoms with van der Waals surface area (Å²) in [4.78, 5) is 15.0. The summed E-state index contributed by atoms with van der Waals surface area (Å²) in [5, 5.41) is 3.47. The number of likely N-dealkylation sites (tertiary alicyclic amines) is 1. The van der Waals surface area contributed by atoms with Crippen molar-refractivity contribution < 1.29 is 13.9 Å². The number of amides is 1. The summed E-state index contributed by atoms with van der Waals surface area (Å²) in [6, 6.07) is 4.62. The lowest BCUT2D eigenvalue weighted by Crippen LogP contribution is -2.43. The van der Waals surface area contributed by atoms with Crippen LogP contribution in [0.25, 0.3) is 10.1 Å². The van der Waals surface area contributed by atoms with Gasteiger partial charge in [-0.2, -0.15) is 0 Å². The maximum atomic E-state index is 13.9. The van der Waals surface area contributed by atoms with Crippen LogP contribution in [0.2, 0.25) is 5.02 Å². The molecule has 2 aromatic rings. The van der Waals surface area contributed by atoms with Crippen LogP contribution in [-0.2, 0) is 4.74 Å². The van der Waals surface area contributed by atoms with E-state index in [2.05, 4.69) is 10.2 Å². The summed E-state index contributed by atoms with van der Waals surface area (Å²) in [5.41, 5.74) is 0. The molecule has 0 bridgehead atoms. The maximum absolute atomic E-state index is 13.9. The number of nitrogens with one attached hydrogen (secondary N) is 1. The van der Waals surface area contributed by atoms with E-state index in [1.807, 2.05) is 14.0 Å². The van der Waals surface area contributed by atoms with Crippen LogP contribution in [0.5, 0.6) is 0 Å². The number of ether oxygens (including phenoxy) is 1. The number of hydrogen-bond acceptors (Lipinski definition) is 4. The van der Waals surface area contributed by atoms with E-state index in [4.69, 9.17) is 16.3 Å². The molecule has 1 aromatic carbocycles. The van der Waals surface area contributed by atoms with Crippen LogP contribution in [0, 0.1) is 5.82 Å². The van der Waals surface area contributed by atoms with E-state index in [9.17, 15) is 9.18 Å². The van der Waals surface area contributed by atoms with Crippen LogP contribution in [-0.4, -0.2) is 49.7 Å². The van der Waals surface area contributed by atoms with Crippen molar-refractivity contribution in [2.45, 2.75) is 19.1 Å². The molecule has 1 saturated heterocycles. The van der Waals surface area contributed by atoms with Crippen molar-refractivity contribution in [2.24, 2.45) is 0 Å². The lowest BCUT2D eigenvalue weighted by molar-refractivity contribution is 0.0514. The largest absolute Gasteiger partial charge is 0.375 e. The quantitative estimate of drug-likeness (QED) is 0.915.